The maximum Gasteiger partial charge on any atom is 0.267 e. The Morgan fingerprint density at radius 1 is 1.32 bits per heavy atom. The van der Waals surface area contributed by atoms with Gasteiger partial charge in [0, 0.05) is 25.8 Å². The molecule has 2 aromatic rings. The number of hydrogen-bond donors (Lipinski definition) is 0. The number of aromatic nitrogens is 2. The molecule has 0 bridgehead atoms. The first-order valence-corrected chi connectivity index (χ1v) is 11.3. The van der Waals surface area contributed by atoms with Gasteiger partial charge in [-0.1, -0.05) is 36.1 Å². The van der Waals surface area contributed by atoms with Crippen molar-refractivity contribution < 1.29 is 9.53 Å². The third-order valence-electron chi connectivity index (χ3n) is 5.24. The van der Waals surface area contributed by atoms with Gasteiger partial charge < -0.3 is 9.64 Å². The molecule has 2 saturated heterocycles. The lowest BCUT2D eigenvalue weighted by atomic mass is 10.1. The van der Waals surface area contributed by atoms with Gasteiger partial charge in [-0.05, 0) is 38.5 Å². The molecule has 7 nitrogen and oxygen atoms in total. The van der Waals surface area contributed by atoms with Gasteiger partial charge in [0.1, 0.15) is 15.8 Å². The first-order chi connectivity index (χ1) is 14.8. The summed E-state index contributed by atoms with van der Waals surface area (Å²) in [7, 11) is 0. The lowest BCUT2D eigenvalue weighted by molar-refractivity contribution is -0.121. The number of aryl methyl sites for hydroxylation is 1. The topological polar surface area (TPSA) is 67.2 Å². The highest BCUT2D eigenvalue weighted by Gasteiger charge is 2.33. The molecule has 0 aliphatic carbocycles. The van der Waals surface area contributed by atoms with Crippen molar-refractivity contribution in [1.82, 2.24) is 14.3 Å². The number of ether oxygens (including phenoxy) is 1. The number of thiocarbonyl (C=S) groups is 1. The SMILES string of the molecule is C=CCN1C(=O)/C(=C\c2c(N3C[C@@H](C)O[C@H](C)C3)nc3c(C)cccn3c2=O)SC1=S. The number of fused-ring (bicyclic) bond motifs is 1. The van der Waals surface area contributed by atoms with Crippen molar-refractivity contribution in [3.63, 3.8) is 0 Å². The predicted octanol–water partition coefficient (Wildman–Crippen LogP) is 3.00. The van der Waals surface area contributed by atoms with Gasteiger partial charge in [0.2, 0.25) is 0 Å². The number of amides is 1. The molecule has 4 rings (SSSR count). The number of hydrogen-bond acceptors (Lipinski definition) is 7. The van der Waals surface area contributed by atoms with E-state index in [-0.39, 0.29) is 23.7 Å². The third kappa shape index (κ3) is 4.05. The second-order valence-corrected chi connectivity index (χ2v) is 9.46. The standard InChI is InChI=1S/C22H24N4O3S2/c1-5-8-26-21(28)17(31-22(26)30)10-16-19(24-11-14(3)29-15(4)12-24)23-18-13(2)7-6-9-25(18)20(16)27/h5-7,9-10,14-15H,1,8,11-12H2,2-4H3/b17-10+/t14-,15-/m1/s1. The molecule has 0 unspecified atom stereocenters. The van der Waals surface area contributed by atoms with E-state index in [1.807, 2.05) is 32.9 Å². The fraction of sp³-hybridized carbons (Fsp3) is 0.364. The van der Waals surface area contributed by atoms with Gasteiger partial charge in [-0.3, -0.25) is 18.9 Å². The van der Waals surface area contributed by atoms with E-state index in [0.29, 0.717) is 45.9 Å². The fourth-order valence-electron chi connectivity index (χ4n) is 3.94. The zero-order valence-corrected chi connectivity index (χ0v) is 19.3. The Balaban J connectivity index is 1.90. The Hall–Kier alpha value is -2.49. The molecule has 0 saturated carbocycles. The van der Waals surface area contributed by atoms with Crippen molar-refractivity contribution >= 4 is 51.7 Å². The van der Waals surface area contributed by atoms with Crippen molar-refractivity contribution in [1.29, 1.82) is 0 Å². The van der Waals surface area contributed by atoms with Crippen LogP contribution >= 0.6 is 24.0 Å². The van der Waals surface area contributed by atoms with Gasteiger partial charge in [-0.2, -0.15) is 0 Å². The van der Waals surface area contributed by atoms with Crippen LogP contribution in [0.3, 0.4) is 0 Å². The van der Waals surface area contributed by atoms with E-state index >= 15 is 0 Å². The quantitative estimate of drug-likeness (QED) is 0.398. The van der Waals surface area contributed by atoms with Crippen LogP contribution in [0.25, 0.3) is 11.7 Å². The zero-order valence-electron chi connectivity index (χ0n) is 17.7. The average molecular weight is 457 g/mol. The zero-order chi connectivity index (χ0) is 22.3. The number of pyridine rings is 1. The molecule has 2 aliphatic rings. The third-order valence-corrected chi connectivity index (χ3v) is 6.62. The molecule has 2 aliphatic heterocycles. The average Bonchev–Trinajstić information content (AvgIpc) is 2.97. The minimum Gasteiger partial charge on any atom is -0.372 e. The minimum atomic E-state index is -0.224. The van der Waals surface area contributed by atoms with Crippen LogP contribution in [0.2, 0.25) is 0 Å². The van der Waals surface area contributed by atoms with Crippen molar-refractivity contribution in [2.75, 3.05) is 24.5 Å². The van der Waals surface area contributed by atoms with Crippen LogP contribution in [-0.2, 0) is 9.53 Å². The van der Waals surface area contributed by atoms with Crippen LogP contribution in [0.15, 0.2) is 40.7 Å². The van der Waals surface area contributed by atoms with Crippen LogP contribution in [0.5, 0.6) is 0 Å². The molecule has 2 fully saturated rings. The fourth-order valence-corrected chi connectivity index (χ4v) is 5.19. The maximum absolute atomic E-state index is 13.5. The smallest absolute Gasteiger partial charge is 0.267 e. The minimum absolute atomic E-state index is 0.000441. The Bertz CT molecular complexity index is 1160. The number of carbonyl (C=O) groups excluding carboxylic acids is 1. The van der Waals surface area contributed by atoms with Crippen molar-refractivity contribution in [2.45, 2.75) is 33.0 Å². The van der Waals surface area contributed by atoms with Gasteiger partial charge in [-0.15, -0.1) is 6.58 Å². The van der Waals surface area contributed by atoms with Crippen LogP contribution in [0, 0.1) is 6.92 Å². The van der Waals surface area contributed by atoms with E-state index in [1.165, 1.54) is 21.1 Å². The van der Waals surface area contributed by atoms with Gasteiger partial charge >= 0.3 is 0 Å². The van der Waals surface area contributed by atoms with Gasteiger partial charge in [0.25, 0.3) is 11.5 Å². The molecule has 31 heavy (non-hydrogen) atoms. The highest BCUT2D eigenvalue weighted by Crippen LogP contribution is 2.34. The number of thioether (sulfide) groups is 1. The van der Waals surface area contributed by atoms with Gasteiger partial charge in [0.15, 0.2) is 0 Å². The molecule has 2 atom stereocenters. The molecular weight excluding hydrogens is 432 g/mol. The molecule has 0 spiro atoms. The van der Waals surface area contributed by atoms with Crippen molar-refractivity contribution in [3.05, 3.63) is 57.4 Å². The molecule has 0 radical (unpaired) electrons. The second-order valence-electron chi connectivity index (χ2n) is 7.78. The summed E-state index contributed by atoms with van der Waals surface area (Å²) in [6.07, 6.45) is 4.96. The van der Waals surface area contributed by atoms with Gasteiger partial charge in [-0.25, -0.2) is 4.98 Å². The molecule has 9 heteroatoms. The van der Waals surface area contributed by atoms with E-state index in [2.05, 4.69) is 11.5 Å². The maximum atomic E-state index is 13.5. The molecule has 4 heterocycles. The Morgan fingerprint density at radius 3 is 2.71 bits per heavy atom. The van der Waals surface area contributed by atoms with Crippen molar-refractivity contribution in [3.8, 4) is 0 Å². The van der Waals surface area contributed by atoms with Crippen LogP contribution < -0.4 is 10.5 Å². The first kappa shape index (κ1) is 21.7. The molecule has 0 N–H and O–H groups in total. The monoisotopic (exact) mass is 456 g/mol. The highest BCUT2D eigenvalue weighted by atomic mass is 32.2. The first-order valence-electron chi connectivity index (χ1n) is 10.1. The summed E-state index contributed by atoms with van der Waals surface area (Å²) in [5, 5.41) is 0. The summed E-state index contributed by atoms with van der Waals surface area (Å²) in [5.41, 5.74) is 1.66. The van der Waals surface area contributed by atoms with E-state index in [0.717, 1.165) is 5.56 Å². The Kier molecular flexibility index (Phi) is 6.00. The summed E-state index contributed by atoms with van der Waals surface area (Å²) >= 11 is 6.54. The number of rotatable bonds is 4. The van der Waals surface area contributed by atoms with E-state index in [9.17, 15) is 9.59 Å². The van der Waals surface area contributed by atoms with Gasteiger partial charge in [0.05, 0.1) is 22.7 Å². The van der Waals surface area contributed by atoms with E-state index in [1.54, 1.807) is 18.3 Å². The molecule has 1 amide bonds. The lowest BCUT2D eigenvalue weighted by Crippen LogP contribution is -2.46. The van der Waals surface area contributed by atoms with Crippen molar-refractivity contribution in [2.24, 2.45) is 0 Å². The summed E-state index contributed by atoms with van der Waals surface area (Å²) in [5.74, 6) is 0.341. The molecule has 2 aromatic heterocycles. The van der Waals surface area contributed by atoms with E-state index < -0.39 is 0 Å². The summed E-state index contributed by atoms with van der Waals surface area (Å²) in [6.45, 7) is 11.2. The number of morpholine rings is 1. The Labute approximate surface area is 190 Å². The normalized spacial score (nSPS) is 23.3. The lowest BCUT2D eigenvalue weighted by Gasteiger charge is -2.36. The van der Waals surface area contributed by atoms with Crippen LogP contribution in [0.1, 0.15) is 25.0 Å². The summed E-state index contributed by atoms with van der Waals surface area (Å²) in [4.78, 5) is 35.2. The second kappa shape index (κ2) is 8.57. The largest absolute Gasteiger partial charge is 0.372 e. The summed E-state index contributed by atoms with van der Waals surface area (Å²) < 4.78 is 7.85. The highest BCUT2D eigenvalue weighted by molar-refractivity contribution is 8.26. The predicted molar refractivity (Wildman–Crippen MR) is 128 cm³/mol. The van der Waals surface area contributed by atoms with Crippen LogP contribution in [0.4, 0.5) is 5.82 Å². The Morgan fingerprint density at radius 2 is 2.03 bits per heavy atom. The molecule has 0 aromatic carbocycles. The number of anilines is 1. The van der Waals surface area contributed by atoms with E-state index in [4.69, 9.17) is 21.9 Å². The summed E-state index contributed by atoms with van der Waals surface area (Å²) in [6, 6.07) is 3.74. The molecule has 162 valence electrons. The van der Waals surface area contributed by atoms with Crippen LogP contribution in [-0.4, -0.2) is 56.4 Å². The number of carbonyl (C=O) groups is 1. The number of nitrogens with zero attached hydrogens (tertiary/aromatic N) is 4. The molecular formula is C22H24N4O3S2.